The molecule has 0 unspecified atom stereocenters. The Morgan fingerprint density at radius 1 is 0.724 bits per heavy atom. The van der Waals surface area contributed by atoms with Crippen LogP contribution in [0.25, 0.3) is 12.2 Å². The maximum absolute atomic E-state index is 12.5. The normalized spacial score (nSPS) is 12.3. The molecule has 0 N–H and O–H groups in total. The number of carbonyl (C=O) groups is 2. The van der Waals surface area contributed by atoms with Crippen LogP contribution < -0.4 is 9.80 Å². The van der Waals surface area contributed by atoms with Gasteiger partial charge in [-0.25, -0.2) is 0 Å². The van der Waals surface area contributed by atoms with E-state index in [4.69, 9.17) is 0 Å². The van der Waals surface area contributed by atoms with E-state index in [1.54, 1.807) is 12.2 Å². The molecule has 0 bridgehead atoms. The molecule has 0 amide bonds. The minimum Gasteiger partial charge on any atom is -0.378 e. The van der Waals surface area contributed by atoms with E-state index in [9.17, 15) is 9.59 Å². The van der Waals surface area contributed by atoms with Gasteiger partial charge in [0, 0.05) is 39.6 Å². The lowest BCUT2D eigenvalue weighted by molar-refractivity contribution is -0.127. The van der Waals surface area contributed by atoms with Crippen molar-refractivity contribution >= 4 is 35.1 Å². The summed E-state index contributed by atoms with van der Waals surface area (Å²) in [5.74, 6) is -0.979. The smallest absolute Gasteiger partial charge is 0.166 e. The fraction of sp³-hybridized carbons (Fsp3) is 0.280. The number of hydrogen-bond acceptors (Lipinski definition) is 4. The van der Waals surface area contributed by atoms with Crippen molar-refractivity contribution in [2.24, 2.45) is 5.92 Å². The molecule has 152 valence electrons. The third kappa shape index (κ3) is 6.46. The third-order valence-corrected chi connectivity index (χ3v) is 4.79. The standard InChI is InChI=1S/C25H30N2O2/c1-6-23(24(28)17-11-19-7-13-21(14-8-19)26(2)3)25(29)18-12-20-9-15-22(16-10-20)27(4)5/h7-18,23H,6H2,1-5H3. The van der Waals surface area contributed by atoms with Crippen LogP contribution in [0.3, 0.4) is 0 Å². The molecule has 0 atom stereocenters. The highest BCUT2D eigenvalue weighted by molar-refractivity contribution is 6.13. The summed E-state index contributed by atoms with van der Waals surface area (Å²) in [6, 6.07) is 15.8. The van der Waals surface area contributed by atoms with Crippen molar-refractivity contribution in [1.82, 2.24) is 0 Å². The van der Waals surface area contributed by atoms with Crippen LogP contribution >= 0.6 is 0 Å². The highest BCUT2D eigenvalue weighted by Gasteiger charge is 2.20. The summed E-state index contributed by atoms with van der Waals surface area (Å²) in [6.07, 6.45) is 7.03. The quantitative estimate of drug-likeness (QED) is 0.459. The van der Waals surface area contributed by atoms with Gasteiger partial charge in [-0.05, 0) is 54.0 Å². The largest absolute Gasteiger partial charge is 0.378 e. The zero-order valence-corrected chi connectivity index (χ0v) is 17.9. The summed E-state index contributed by atoms with van der Waals surface area (Å²) >= 11 is 0. The molecule has 0 aliphatic carbocycles. The first-order chi connectivity index (χ1) is 13.8. The van der Waals surface area contributed by atoms with Crippen molar-refractivity contribution < 1.29 is 9.59 Å². The molecule has 0 radical (unpaired) electrons. The van der Waals surface area contributed by atoms with E-state index in [0.717, 1.165) is 22.5 Å². The Morgan fingerprint density at radius 2 is 1.07 bits per heavy atom. The Bertz CT molecular complexity index is 803. The van der Waals surface area contributed by atoms with Crippen LogP contribution in [-0.2, 0) is 9.59 Å². The number of hydrogen-bond donors (Lipinski definition) is 0. The van der Waals surface area contributed by atoms with Crippen molar-refractivity contribution in [3.05, 3.63) is 71.8 Å². The summed E-state index contributed by atoms with van der Waals surface area (Å²) in [7, 11) is 7.93. The second-order valence-corrected chi connectivity index (χ2v) is 7.40. The number of nitrogens with zero attached hydrogens (tertiary/aromatic N) is 2. The minimum atomic E-state index is -0.649. The Kier molecular flexibility index (Phi) is 7.96. The lowest BCUT2D eigenvalue weighted by atomic mass is 9.94. The molecule has 0 saturated carbocycles. The lowest BCUT2D eigenvalue weighted by Crippen LogP contribution is -2.20. The van der Waals surface area contributed by atoms with E-state index in [0.29, 0.717) is 6.42 Å². The van der Waals surface area contributed by atoms with Gasteiger partial charge in [-0.2, -0.15) is 0 Å². The average Bonchev–Trinajstić information content (AvgIpc) is 2.71. The minimum absolute atomic E-state index is 0.165. The fourth-order valence-corrected chi connectivity index (χ4v) is 2.90. The van der Waals surface area contributed by atoms with Crippen LogP contribution in [0.15, 0.2) is 60.7 Å². The van der Waals surface area contributed by atoms with Crippen molar-refractivity contribution in [2.45, 2.75) is 13.3 Å². The maximum Gasteiger partial charge on any atom is 0.166 e. The predicted molar refractivity (Wildman–Crippen MR) is 123 cm³/mol. The van der Waals surface area contributed by atoms with Crippen molar-refractivity contribution in [1.29, 1.82) is 0 Å². The molecular weight excluding hydrogens is 360 g/mol. The van der Waals surface area contributed by atoms with Gasteiger partial charge in [0.2, 0.25) is 0 Å². The fourth-order valence-electron chi connectivity index (χ4n) is 2.90. The molecule has 2 aromatic rings. The molecule has 0 heterocycles. The van der Waals surface area contributed by atoms with E-state index < -0.39 is 5.92 Å². The molecule has 0 saturated heterocycles. The number of carbonyl (C=O) groups excluding carboxylic acids is 2. The van der Waals surface area contributed by atoms with Gasteiger partial charge < -0.3 is 9.80 Å². The molecule has 0 aliphatic rings. The second kappa shape index (κ2) is 10.4. The van der Waals surface area contributed by atoms with Gasteiger partial charge in [0.25, 0.3) is 0 Å². The molecule has 4 nitrogen and oxygen atoms in total. The zero-order valence-electron chi connectivity index (χ0n) is 17.9. The average molecular weight is 391 g/mol. The number of ketones is 2. The van der Waals surface area contributed by atoms with E-state index in [2.05, 4.69) is 0 Å². The van der Waals surface area contributed by atoms with Gasteiger partial charge in [0.05, 0.1) is 5.92 Å². The van der Waals surface area contributed by atoms with E-state index in [1.807, 2.05) is 93.4 Å². The number of rotatable bonds is 9. The van der Waals surface area contributed by atoms with Crippen molar-refractivity contribution in [3.63, 3.8) is 0 Å². The SMILES string of the molecule is CCC(C(=O)C=Cc1ccc(N(C)C)cc1)C(=O)C=Cc1ccc(N(C)C)cc1. The number of allylic oxidation sites excluding steroid dienone is 2. The molecule has 0 fully saturated rings. The van der Waals surface area contributed by atoms with E-state index in [1.165, 1.54) is 12.2 Å². The molecule has 0 spiro atoms. The zero-order chi connectivity index (χ0) is 21.4. The van der Waals surface area contributed by atoms with Crippen LogP contribution in [0.4, 0.5) is 11.4 Å². The van der Waals surface area contributed by atoms with Crippen LogP contribution in [0.1, 0.15) is 24.5 Å². The summed E-state index contributed by atoms with van der Waals surface area (Å²) < 4.78 is 0. The Labute approximate surface area is 174 Å². The van der Waals surface area contributed by atoms with Crippen molar-refractivity contribution in [2.75, 3.05) is 38.0 Å². The topological polar surface area (TPSA) is 40.6 Å². The van der Waals surface area contributed by atoms with Crippen LogP contribution in [0.5, 0.6) is 0 Å². The first-order valence-corrected chi connectivity index (χ1v) is 9.80. The Hall–Kier alpha value is -3.14. The van der Waals surface area contributed by atoms with Gasteiger partial charge in [0.1, 0.15) is 0 Å². The van der Waals surface area contributed by atoms with E-state index in [-0.39, 0.29) is 11.6 Å². The van der Waals surface area contributed by atoms with Gasteiger partial charge in [-0.1, -0.05) is 43.3 Å². The molecule has 0 aliphatic heterocycles. The molecular formula is C25H30N2O2. The predicted octanol–water partition coefficient (Wildman–Crippen LogP) is 4.71. The van der Waals surface area contributed by atoms with Gasteiger partial charge in [-0.3, -0.25) is 9.59 Å². The molecule has 2 aromatic carbocycles. The summed E-state index contributed by atoms with van der Waals surface area (Å²) in [5.41, 5.74) is 4.06. The molecule has 0 aromatic heterocycles. The molecule has 29 heavy (non-hydrogen) atoms. The van der Waals surface area contributed by atoms with Crippen LogP contribution in [-0.4, -0.2) is 39.8 Å². The van der Waals surface area contributed by atoms with Gasteiger partial charge in [0.15, 0.2) is 11.6 Å². The monoisotopic (exact) mass is 390 g/mol. The van der Waals surface area contributed by atoms with Crippen molar-refractivity contribution in [3.8, 4) is 0 Å². The van der Waals surface area contributed by atoms with Crippen LogP contribution in [0, 0.1) is 5.92 Å². The summed E-state index contributed by atoms with van der Waals surface area (Å²) in [5, 5.41) is 0. The first kappa shape index (κ1) is 22.2. The van der Waals surface area contributed by atoms with Gasteiger partial charge >= 0.3 is 0 Å². The molecule has 4 heteroatoms. The highest BCUT2D eigenvalue weighted by atomic mass is 16.1. The summed E-state index contributed by atoms with van der Waals surface area (Å²) in [6.45, 7) is 1.86. The third-order valence-electron chi connectivity index (χ3n) is 4.79. The van der Waals surface area contributed by atoms with Crippen LogP contribution in [0.2, 0.25) is 0 Å². The first-order valence-electron chi connectivity index (χ1n) is 9.80. The number of anilines is 2. The highest BCUT2D eigenvalue weighted by Crippen LogP contribution is 2.16. The van der Waals surface area contributed by atoms with Gasteiger partial charge in [-0.15, -0.1) is 0 Å². The second-order valence-electron chi connectivity index (χ2n) is 7.40. The molecule has 2 rings (SSSR count). The lowest BCUT2D eigenvalue weighted by Gasteiger charge is -2.12. The van der Waals surface area contributed by atoms with E-state index >= 15 is 0 Å². The number of benzene rings is 2. The Balaban J connectivity index is 2.02. The Morgan fingerprint density at radius 3 is 1.34 bits per heavy atom. The maximum atomic E-state index is 12.5. The summed E-state index contributed by atoms with van der Waals surface area (Å²) in [4.78, 5) is 29.1.